The minimum Gasteiger partial charge on any atom is -0.350 e. The number of nitrogens with zero attached hydrogens (tertiary/aromatic N) is 3. The van der Waals surface area contributed by atoms with Crippen LogP contribution in [0.15, 0.2) is 54.9 Å². The van der Waals surface area contributed by atoms with Gasteiger partial charge in [-0.3, -0.25) is 14.9 Å². The number of fused-ring (bicyclic) bond motifs is 1. The highest BCUT2D eigenvalue weighted by atomic mass is 16.6. The molecule has 0 radical (unpaired) electrons. The third-order valence-corrected chi connectivity index (χ3v) is 3.42. The number of carbonyl (C=O) groups is 1. The van der Waals surface area contributed by atoms with Crippen molar-refractivity contribution in [1.29, 1.82) is 0 Å². The number of carbonyl (C=O) groups excluding carboxylic acids is 1. The summed E-state index contributed by atoms with van der Waals surface area (Å²) in [5.41, 5.74) is 1.88. The quantitative estimate of drug-likeness (QED) is 0.577. The number of rotatable bonds is 5. The van der Waals surface area contributed by atoms with E-state index in [0.717, 1.165) is 11.3 Å². The maximum atomic E-state index is 12.0. The average molecular weight is 310 g/mol. The Morgan fingerprint density at radius 3 is 2.78 bits per heavy atom. The molecule has 0 aliphatic heterocycles. The molecule has 0 aliphatic carbocycles. The van der Waals surface area contributed by atoms with Crippen molar-refractivity contribution in [3.05, 3.63) is 76.2 Å². The van der Waals surface area contributed by atoms with Crippen molar-refractivity contribution in [2.45, 2.75) is 13.0 Å². The third kappa shape index (κ3) is 3.34. The number of imidazole rings is 1. The fraction of sp³-hybridized carbons (Fsp3) is 0.125. The standard InChI is InChI=1S/C16H14N4O3/c21-16(9-12-5-1-2-6-14(12)20(22)23)17-10-13-11-19-8-4-3-7-15(19)18-13/h1-8,11H,9-10H2,(H,17,21). The van der Waals surface area contributed by atoms with Crippen LogP contribution in [0.1, 0.15) is 11.3 Å². The molecule has 0 saturated carbocycles. The van der Waals surface area contributed by atoms with Crippen LogP contribution in [0.4, 0.5) is 5.69 Å². The van der Waals surface area contributed by atoms with Crippen LogP contribution in [-0.4, -0.2) is 20.2 Å². The Labute approximate surface area is 131 Å². The van der Waals surface area contributed by atoms with E-state index in [9.17, 15) is 14.9 Å². The smallest absolute Gasteiger partial charge is 0.273 e. The normalized spacial score (nSPS) is 10.6. The summed E-state index contributed by atoms with van der Waals surface area (Å²) in [6.07, 6.45) is 3.67. The molecule has 2 aromatic heterocycles. The summed E-state index contributed by atoms with van der Waals surface area (Å²) in [6.45, 7) is 0.279. The zero-order valence-electron chi connectivity index (χ0n) is 12.2. The van der Waals surface area contributed by atoms with E-state index in [1.54, 1.807) is 18.2 Å². The van der Waals surface area contributed by atoms with E-state index < -0.39 is 4.92 Å². The summed E-state index contributed by atoms with van der Waals surface area (Å²) < 4.78 is 1.86. The number of hydrogen-bond acceptors (Lipinski definition) is 4. The van der Waals surface area contributed by atoms with Crippen LogP contribution in [0.3, 0.4) is 0 Å². The lowest BCUT2D eigenvalue weighted by Crippen LogP contribution is -2.25. The van der Waals surface area contributed by atoms with E-state index in [0.29, 0.717) is 5.56 Å². The molecule has 0 bridgehead atoms. The van der Waals surface area contributed by atoms with Gasteiger partial charge in [0, 0.05) is 24.0 Å². The van der Waals surface area contributed by atoms with Gasteiger partial charge in [-0.05, 0) is 12.1 Å². The van der Waals surface area contributed by atoms with Gasteiger partial charge in [0.25, 0.3) is 5.69 Å². The molecule has 0 unspecified atom stereocenters. The fourth-order valence-electron chi connectivity index (χ4n) is 2.34. The molecule has 1 N–H and O–H groups in total. The van der Waals surface area contributed by atoms with Gasteiger partial charge in [0.15, 0.2) is 0 Å². The maximum Gasteiger partial charge on any atom is 0.273 e. The minimum absolute atomic E-state index is 0.0372. The lowest BCUT2D eigenvalue weighted by atomic mass is 10.1. The number of pyridine rings is 1. The van der Waals surface area contributed by atoms with E-state index in [-0.39, 0.29) is 24.6 Å². The van der Waals surface area contributed by atoms with Crippen LogP contribution in [0.2, 0.25) is 0 Å². The van der Waals surface area contributed by atoms with E-state index >= 15 is 0 Å². The van der Waals surface area contributed by atoms with Crippen molar-refractivity contribution in [2.75, 3.05) is 0 Å². The van der Waals surface area contributed by atoms with Crippen molar-refractivity contribution < 1.29 is 9.72 Å². The molecule has 0 aliphatic rings. The first kappa shape index (κ1) is 14.7. The summed E-state index contributed by atoms with van der Waals surface area (Å²) in [6, 6.07) is 11.9. The van der Waals surface area contributed by atoms with E-state index in [1.165, 1.54) is 6.07 Å². The summed E-state index contributed by atoms with van der Waals surface area (Å²) in [4.78, 5) is 26.8. The van der Waals surface area contributed by atoms with Crippen LogP contribution < -0.4 is 5.32 Å². The van der Waals surface area contributed by atoms with Crippen molar-refractivity contribution in [3.63, 3.8) is 0 Å². The number of para-hydroxylation sites is 1. The van der Waals surface area contributed by atoms with E-state index in [2.05, 4.69) is 10.3 Å². The van der Waals surface area contributed by atoms with Gasteiger partial charge in [0.2, 0.25) is 5.91 Å². The van der Waals surface area contributed by atoms with Crippen LogP contribution in [0, 0.1) is 10.1 Å². The Balaban J connectivity index is 1.65. The van der Waals surface area contributed by atoms with E-state index in [1.807, 2.05) is 35.0 Å². The number of nitro benzene ring substituents is 1. The first-order valence-electron chi connectivity index (χ1n) is 7.05. The largest absolute Gasteiger partial charge is 0.350 e. The van der Waals surface area contributed by atoms with Gasteiger partial charge >= 0.3 is 0 Å². The van der Waals surface area contributed by atoms with Crippen molar-refractivity contribution in [1.82, 2.24) is 14.7 Å². The number of aromatic nitrogens is 2. The zero-order chi connectivity index (χ0) is 16.2. The van der Waals surface area contributed by atoms with E-state index in [4.69, 9.17) is 0 Å². The fourth-order valence-corrected chi connectivity index (χ4v) is 2.34. The second-order valence-electron chi connectivity index (χ2n) is 5.04. The Morgan fingerprint density at radius 2 is 2.00 bits per heavy atom. The topological polar surface area (TPSA) is 89.5 Å². The molecule has 0 spiro atoms. The Hall–Kier alpha value is -3.22. The van der Waals surface area contributed by atoms with Gasteiger partial charge in [-0.2, -0.15) is 0 Å². The van der Waals surface area contributed by atoms with Gasteiger partial charge < -0.3 is 9.72 Å². The van der Waals surface area contributed by atoms with Gasteiger partial charge in [-0.1, -0.05) is 24.3 Å². The summed E-state index contributed by atoms with van der Waals surface area (Å²) in [5.74, 6) is -0.281. The predicted molar refractivity (Wildman–Crippen MR) is 83.8 cm³/mol. The Morgan fingerprint density at radius 1 is 1.22 bits per heavy atom. The number of hydrogen-bond donors (Lipinski definition) is 1. The highest BCUT2D eigenvalue weighted by molar-refractivity contribution is 5.79. The predicted octanol–water partition coefficient (Wildman–Crippen LogP) is 2.10. The van der Waals surface area contributed by atoms with Crippen molar-refractivity contribution in [2.24, 2.45) is 0 Å². The van der Waals surface area contributed by atoms with Gasteiger partial charge in [0.1, 0.15) is 5.65 Å². The minimum atomic E-state index is -0.481. The molecule has 2 heterocycles. The highest BCUT2D eigenvalue weighted by Crippen LogP contribution is 2.18. The molecule has 3 aromatic rings. The van der Waals surface area contributed by atoms with Crippen molar-refractivity contribution in [3.8, 4) is 0 Å². The molecule has 7 heteroatoms. The molecule has 0 fully saturated rings. The second-order valence-corrected chi connectivity index (χ2v) is 5.04. The van der Waals surface area contributed by atoms with Crippen molar-refractivity contribution >= 4 is 17.2 Å². The molecule has 0 atom stereocenters. The maximum absolute atomic E-state index is 12.0. The van der Waals surface area contributed by atoms with Crippen LogP contribution in [0.25, 0.3) is 5.65 Å². The monoisotopic (exact) mass is 310 g/mol. The molecule has 7 nitrogen and oxygen atoms in total. The number of nitro groups is 1. The second kappa shape index (κ2) is 6.27. The number of amides is 1. The summed E-state index contributed by atoms with van der Waals surface area (Å²) in [5, 5.41) is 13.7. The SMILES string of the molecule is O=C(Cc1ccccc1[N+](=O)[O-])NCc1cn2ccccc2n1. The number of benzene rings is 1. The molecule has 0 saturated heterocycles. The van der Waals surface area contributed by atoms with Gasteiger partial charge in [0.05, 0.1) is 23.6 Å². The van der Waals surface area contributed by atoms with Crippen LogP contribution in [-0.2, 0) is 17.8 Å². The average Bonchev–Trinajstić information content (AvgIpc) is 2.96. The molecule has 23 heavy (non-hydrogen) atoms. The van der Waals surface area contributed by atoms with Gasteiger partial charge in [-0.25, -0.2) is 4.98 Å². The van der Waals surface area contributed by atoms with Gasteiger partial charge in [-0.15, -0.1) is 0 Å². The molecular formula is C16H14N4O3. The first-order valence-corrected chi connectivity index (χ1v) is 7.05. The van der Waals surface area contributed by atoms with Crippen LogP contribution >= 0.6 is 0 Å². The lowest BCUT2D eigenvalue weighted by molar-refractivity contribution is -0.385. The Kier molecular flexibility index (Phi) is 4.01. The summed E-state index contributed by atoms with van der Waals surface area (Å²) >= 11 is 0. The number of nitrogens with one attached hydrogen (secondary N) is 1. The molecule has 116 valence electrons. The van der Waals surface area contributed by atoms with Crippen LogP contribution in [0.5, 0.6) is 0 Å². The summed E-state index contributed by atoms with van der Waals surface area (Å²) in [7, 11) is 0. The third-order valence-electron chi connectivity index (χ3n) is 3.42. The molecule has 1 aromatic carbocycles. The molecule has 1 amide bonds. The lowest BCUT2D eigenvalue weighted by Gasteiger charge is -2.04. The Bertz CT molecular complexity index is 839. The zero-order valence-corrected chi connectivity index (χ0v) is 12.2. The highest BCUT2D eigenvalue weighted by Gasteiger charge is 2.15. The molecular weight excluding hydrogens is 296 g/mol. The molecule has 3 rings (SSSR count). The first-order chi connectivity index (χ1) is 11.1.